The van der Waals surface area contributed by atoms with E-state index in [0.29, 0.717) is 6.54 Å². The lowest BCUT2D eigenvalue weighted by Gasteiger charge is -2.26. The Kier molecular flexibility index (Phi) is 2.79. The zero-order chi connectivity index (χ0) is 10.8. The standard InChI is InChI=1S/C10H11ClN2O2/c1-13-8-4-7(5-12-11)2-3-9(8)15-6-10(13)14/h2-4,12H,5-6H2,1H3. The van der Waals surface area contributed by atoms with Gasteiger partial charge in [-0.15, -0.1) is 0 Å². The summed E-state index contributed by atoms with van der Waals surface area (Å²) in [7, 11) is 1.74. The fourth-order valence-electron chi connectivity index (χ4n) is 1.50. The maximum absolute atomic E-state index is 11.4. The minimum atomic E-state index is -0.0431. The molecule has 0 saturated heterocycles. The van der Waals surface area contributed by atoms with Crippen molar-refractivity contribution in [3.63, 3.8) is 0 Å². The molecule has 1 aliphatic heterocycles. The highest BCUT2D eigenvalue weighted by Gasteiger charge is 2.21. The number of halogens is 1. The van der Waals surface area contributed by atoms with Crippen LogP contribution in [-0.4, -0.2) is 19.6 Å². The number of likely N-dealkylation sites (N-methyl/N-ethyl adjacent to an activating group) is 1. The molecule has 5 heteroatoms. The van der Waals surface area contributed by atoms with Crippen LogP contribution in [0.1, 0.15) is 5.56 Å². The van der Waals surface area contributed by atoms with Gasteiger partial charge in [0.2, 0.25) is 0 Å². The van der Waals surface area contributed by atoms with Crippen molar-refractivity contribution in [1.82, 2.24) is 4.84 Å². The maximum Gasteiger partial charge on any atom is 0.264 e. The highest BCUT2D eigenvalue weighted by atomic mass is 35.5. The highest BCUT2D eigenvalue weighted by Crippen LogP contribution is 2.31. The highest BCUT2D eigenvalue weighted by molar-refractivity contribution is 6.13. The zero-order valence-electron chi connectivity index (χ0n) is 8.29. The van der Waals surface area contributed by atoms with Gasteiger partial charge in [-0.3, -0.25) is 4.79 Å². The second-order valence-corrected chi connectivity index (χ2v) is 3.62. The van der Waals surface area contributed by atoms with Crippen LogP contribution in [0, 0.1) is 0 Å². The Morgan fingerprint density at radius 3 is 3.13 bits per heavy atom. The number of nitrogens with zero attached hydrogens (tertiary/aromatic N) is 1. The van der Waals surface area contributed by atoms with Crippen molar-refractivity contribution >= 4 is 23.4 Å². The first kappa shape index (κ1) is 10.3. The first-order valence-corrected chi connectivity index (χ1v) is 4.96. The third kappa shape index (κ3) is 1.91. The molecule has 15 heavy (non-hydrogen) atoms. The smallest absolute Gasteiger partial charge is 0.264 e. The summed E-state index contributed by atoms with van der Waals surface area (Å²) in [5.74, 6) is 0.689. The molecule has 1 N–H and O–H groups in total. The molecular weight excluding hydrogens is 216 g/mol. The number of nitrogens with one attached hydrogen (secondary N) is 1. The average Bonchev–Trinajstić information content (AvgIpc) is 2.25. The van der Waals surface area contributed by atoms with E-state index in [0.717, 1.165) is 17.0 Å². The Balaban J connectivity index is 2.36. The Hall–Kier alpha value is -1.26. The first-order chi connectivity index (χ1) is 7.22. The molecule has 0 radical (unpaired) electrons. The summed E-state index contributed by atoms with van der Waals surface area (Å²) in [5.41, 5.74) is 1.80. The van der Waals surface area contributed by atoms with E-state index < -0.39 is 0 Å². The average molecular weight is 227 g/mol. The fourth-order valence-corrected chi connectivity index (χ4v) is 1.66. The molecule has 2 rings (SSSR count). The molecule has 0 unspecified atom stereocenters. The van der Waals surface area contributed by atoms with Crippen molar-refractivity contribution in [2.75, 3.05) is 18.6 Å². The van der Waals surface area contributed by atoms with Gasteiger partial charge in [-0.05, 0) is 29.5 Å². The lowest BCUT2D eigenvalue weighted by molar-refractivity contribution is -0.120. The molecule has 80 valence electrons. The Morgan fingerprint density at radius 1 is 1.60 bits per heavy atom. The molecule has 0 bridgehead atoms. The summed E-state index contributed by atoms with van der Waals surface area (Å²) in [5, 5.41) is 0. The molecule has 0 aromatic heterocycles. The molecule has 1 amide bonds. The molecule has 0 fully saturated rings. The number of ether oxygens (including phenoxy) is 1. The molecule has 0 saturated carbocycles. The number of anilines is 1. The van der Waals surface area contributed by atoms with Crippen LogP contribution >= 0.6 is 11.8 Å². The van der Waals surface area contributed by atoms with E-state index >= 15 is 0 Å². The Bertz CT molecular complexity index is 395. The second-order valence-electron chi connectivity index (χ2n) is 3.35. The number of benzene rings is 1. The van der Waals surface area contributed by atoms with Gasteiger partial charge in [0.15, 0.2) is 6.61 Å². The van der Waals surface area contributed by atoms with E-state index in [1.807, 2.05) is 18.2 Å². The van der Waals surface area contributed by atoms with Crippen LogP contribution in [0.25, 0.3) is 0 Å². The monoisotopic (exact) mass is 226 g/mol. The molecule has 1 heterocycles. The van der Waals surface area contributed by atoms with Crippen LogP contribution in [-0.2, 0) is 11.3 Å². The van der Waals surface area contributed by atoms with Gasteiger partial charge >= 0.3 is 0 Å². The number of hydrogen-bond donors (Lipinski definition) is 1. The van der Waals surface area contributed by atoms with Crippen LogP contribution in [0.4, 0.5) is 5.69 Å². The third-order valence-electron chi connectivity index (χ3n) is 2.38. The third-order valence-corrected chi connectivity index (χ3v) is 2.51. The number of rotatable bonds is 2. The first-order valence-electron chi connectivity index (χ1n) is 4.58. The predicted molar refractivity (Wildman–Crippen MR) is 58.0 cm³/mol. The number of carbonyl (C=O) groups excluding carboxylic acids is 1. The molecule has 4 nitrogen and oxygen atoms in total. The van der Waals surface area contributed by atoms with E-state index in [2.05, 4.69) is 4.84 Å². The van der Waals surface area contributed by atoms with Crippen LogP contribution < -0.4 is 14.5 Å². The van der Waals surface area contributed by atoms with Gasteiger partial charge in [0, 0.05) is 13.6 Å². The molecule has 0 atom stereocenters. The summed E-state index contributed by atoms with van der Waals surface area (Å²) in [6.45, 7) is 0.660. The van der Waals surface area contributed by atoms with E-state index in [9.17, 15) is 4.79 Å². The molecule has 1 aromatic rings. The molecule has 1 aliphatic rings. The number of hydrogen-bond acceptors (Lipinski definition) is 3. The number of carbonyl (C=O) groups is 1. The zero-order valence-corrected chi connectivity index (χ0v) is 9.04. The van der Waals surface area contributed by atoms with Gasteiger partial charge in [-0.25, -0.2) is 4.84 Å². The van der Waals surface area contributed by atoms with Crippen molar-refractivity contribution in [2.24, 2.45) is 0 Å². The quantitative estimate of drug-likeness (QED) is 0.773. The van der Waals surface area contributed by atoms with Gasteiger partial charge in [0.25, 0.3) is 5.91 Å². The van der Waals surface area contributed by atoms with E-state index in [4.69, 9.17) is 16.5 Å². The summed E-state index contributed by atoms with van der Waals surface area (Å²) >= 11 is 5.42. The fraction of sp³-hybridized carbons (Fsp3) is 0.300. The summed E-state index contributed by atoms with van der Waals surface area (Å²) in [6.07, 6.45) is 0. The summed E-state index contributed by atoms with van der Waals surface area (Å²) in [6, 6.07) is 5.65. The van der Waals surface area contributed by atoms with Crippen LogP contribution in [0.2, 0.25) is 0 Å². The minimum absolute atomic E-state index is 0.0431. The van der Waals surface area contributed by atoms with Gasteiger partial charge in [-0.2, -0.15) is 0 Å². The van der Waals surface area contributed by atoms with Crippen molar-refractivity contribution in [3.05, 3.63) is 23.8 Å². The predicted octanol–water partition coefficient (Wildman–Crippen LogP) is 1.29. The Morgan fingerprint density at radius 2 is 2.40 bits per heavy atom. The summed E-state index contributed by atoms with van der Waals surface area (Å²) < 4.78 is 5.29. The Labute approximate surface area is 92.9 Å². The van der Waals surface area contributed by atoms with Gasteiger partial charge < -0.3 is 9.64 Å². The van der Waals surface area contributed by atoms with Gasteiger partial charge in [0.05, 0.1) is 5.69 Å². The van der Waals surface area contributed by atoms with E-state index in [1.165, 1.54) is 0 Å². The lowest BCUT2D eigenvalue weighted by atomic mass is 10.1. The molecule has 0 spiro atoms. The van der Waals surface area contributed by atoms with E-state index in [-0.39, 0.29) is 12.5 Å². The number of amides is 1. The van der Waals surface area contributed by atoms with Crippen molar-refractivity contribution in [3.8, 4) is 5.75 Å². The maximum atomic E-state index is 11.4. The van der Waals surface area contributed by atoms with Crippen molar-refractivity contribution in [2.45, 2.75) is 6.54 Å². The van der Waals surface area contributed by atoms with E-state index in [1.54, 1.807) is 11.9 Å². The molecule has 0 aliphatic carbocycles. The van der Waals surface area contributed by atoms with Crippen LogP contribution in [0.15, 0.2) is 18.2 Å². The lowest BCUT2D eigenvalue weighted by Crippen LogP contribution is -2.35. The second kappa shape index (κ2) is 4.08. The minimum Gasteiger partial charge on any atom is -0.482 e. The summed E-state index contributed by atoms with van der Waals surface area (Å²) in [4.78, 5) is 15.5. The topological polar surface area (TPSA) is 41.6 Å². The van der Waals surface area contributed by atoms with Crippen molar-refractivity contribution < 1.29 is 9.53 Å². The van der Waals surface area contributed by atoms with Crippen LogP contribution in [0.3, 0.4) is 0 Å². The largest absolute Gasteiger partial charge is 0.482 e. The van der Waals surface area contributed by atoms with Gasteiger partial charge in [0.1, 0.15) is 5.75 Å². The molecule has 1 aromatic carbocycles. The van der Waals surface area contributed by atoms with Crippen LogP contribution in [0.5, 0.6) is 5.75 Å². The SMILES string of the molecule is CN1C(=O)COc2ccc(CNCl)cc21. The number of fused-ring (bicyclic) bond motifs is 1. The normalized spacial score (nSPS) is 14.8. The van der Waals surface area contributed by atoms with Crippen molar-refractivity contribution in [1.29, 1.82) is 0 Å². The molecular formula is C10H11ClN2O2. The van der Waals surface area contributed by atoms with Gasteiger partial charge in [-0.1, -0.05) is 6.07 Å².